The number of benzene rings is 1. The third kappa shape index (κ3) is 7.66. The fourth-order valence-electron chi connectivity index (χ4n) is 2.66. The molecule has 0 saturated heterocycles. The Labute approximate surface area is 161 Å². The van der Waals surface area contributed by atoms with Crippen molar-refractivity contribution in [2.24, 2.45) is 0 Å². The fourth-order valence-corrected chi connectivity index (χ4v) is 2.66. The first-order valence-electron chi connectivity index (χ1n) is 9.40. The van der Waals surface area contributed by atoms with E-state index in [-0.39, 0.29) is 11.7 Å². The summed E-state index contributed by atoms with van der Waals surface area (Å²) in [5.41, 5.74) is 7.10. The standard InChI is InChI=1S/C21H29N3O3/c1-26-14-5-3-2-4-6-15-27-18-11-9-17(10-12-18)16-24-21(25)19-8-7-13-23-20(19)22/h7-13H,2-6,14-16H2,1H3,(H2,22,23)(H,24,25). The van der Waals surface area contributed by atoms with E-state index in [9.17, 15) is 4.79 Å². The predicted octanol–water partition coefficient (Wildman–Crippen LogP) is 3.57. The zero-order valence-corrected chi connectivity index (χ0v) is 15.9. The number of carbonyl (C=O) groups is 1. The summed E-state index contributed by atoms with van der Waals surface area (Å²) in [6.45, 7) is 1.99. The van der Waals surface area contributed by atoms with Crippen LogP contribution in [0.15, 0.2) is 42.6 Å². The van der Waals surface area contributed by atoms with Crippen LogP contribution in [-0.4, -0.2) is 31.2 Å². The number of anilines is 1. The zero-order chi connectivity index (χ0) is 19.3. The van der Waals surface area contributed by atoms with Crippen LogP contribution in [0.25, 0.3) is 0 Å². The molecule has 27 heavy (non-hydrogen) atoms. The third-order valence-electron chi connectivity index (χ3n) is 4.22. The molecule has 1 amide bonds. The van der Waals surface area contributed by atoms with Gasteiger partial charge in [0.15, 0.2) is 0 Å². The highest BCUT2D eigenvalue weighted by Gasteiger charge is 2.09. The van der Waals surface area contributed by atoms with Crippen molar-refractivity contribution in [2.45, 2.75) is 38.6 Å². The molecule has 0 saturated carbocycles. The quantitative estimate of drug-likeness (QED) is 0.557. The molecule has 0 bridgehead atoms. The normalized spacial score (nSPS) is 10.6. The van der Waals surface area contributed by atoms with Gasteiger partial charge in [-0.05, 0) is 42.7 Å². The second kappa shape index (κ2) is 11.9. The van der Waals surface area contributed by atoms with E-state index in [1.807, 2.05) is 24.3 Å². The summed E-state index contributed by atoms with van der Waals surface area (Å²) in [4.78, 5) is 16.1. The van der Waals surface area contributed by atoms with Crippen LogP contribution in [0.2, 0.25) is 0 Å². The molecule has 0 aliphatic rings. The summed E-state index contributed by atoms with van der Waals surface area (Å²) in [5.74, 6) is 0.852. The first-order chi connectivity index (χ1) is 13.2. The van der Waals surface area contributed by atoms with Gasteiger partial charge in [-0.15, -0.1) is 0 Å². The number of nitrogens with two attached hydrogens (primary N) is 1. The lowest BCUT2D eigenvalue weighted by Crippen LogP contribution is -2.24. The Hall–Kier alpha value is -2.60. The van der Waals surface area contributed by atoms with Gasteiger partial charge >= 0.3 is 0 Å². The Morgan fingerprint density at radius 3 is 2.44 bits per heavy atom. The van der Waals surface area contributed by atoms with E-state index in [1.165, 1.54) is 19.3 Å². The van der Waals surface area contributed by atoms with Crippen molar-refractivity contribution in [1.82, 2.24) is 10.3 Å². The molecular formula is C21H29N3O3. The van der Waals surface area contributed by atoms with E-state index in [4.69, 9.17) is 15.2 Å². The van der Waals surface area contributed by atoms with Crippen molar-refractivity contribution in [1.29, 1.82) is 0 Å². The maximum absolute atomic E-state index is 12.1. The van der Waals surface area contributed by atoms with Gasteiger partial charge in [-0.25, -0.2) is 4.98 Å². The van der Waals surface area contributed by atoms with Gasteiger partial charge in [0.05, 0.1) is 12.2 Å². The SMILES string of the molecule is COCCCCCCCOc1ccc(CNC(=O)c2cccnc2N)cc1. The number of pyridine rings is 1. The Balaban J connectivity index is 1.65. The van der Waals surface area contributed by atoms with E-state index >= 15 is 0 Å². The van der Waals surface area contributed by atoms with Crippen molar-refractivity contribution >= 4 is 11.7 Å². The van der Waals surface area contributed by atoms with Gasteiger partial charge in [0.1, 0.15) is 11.6 Å². The number of amides is 1. The average molecular weight is 371 g/mol. The monoisotopic (exact) mass is 371 g/mol. The molecule has 1 aromatic carbocycles. The topological polar surface area (TPSA) is 86.5 Å². The number of hydrogen-bond acceptors (Lipinski definition) is 5. The average Bonchev–Trinajstić information content (AvgIpc) is 2.69. The molecule has 0 spiro atoms. The lowest BCUT2D eigenvalue weighted by Gasteiger charge is -2.09. The summed E-state index contributed by atoms with van der Waals surface area (Å²) >= 11 is 0. The van der Waals surface area contributed by atoms with Crippen LogP contribution in [-0.2, 0) is 11.3 Å². The van der Waals surface area contributed by atoms with Crippen LogP contribution < -0.4 is 15.8 Å². The number of carbonyl (C=O) groups excluding carboxylic acids is 1. The molecule has 0 aliphatic heterocycles. The van der Waals surface area contributed by atoms with Gasteiger partial charge in [0.2, 0.25) is 0 Å². The number of unbranched alkanes of at least 4 members (excludes halogenated alkanes) is 4. The van der Waals surface area contributed by atoms with Crippen molar-refractivity contribution < 1.29 is 14.3 Å². The second-order valence-corrected chi connectivity index (χ2v) is 6.37. The molecule has 146 valence electrons. The number of aromatic nitrogens is 1. The molecule has 6 heteroatoms. The largest absolute Gasteiger partial charge is 0.494 e. The molecule has 0 atom stereocenters. The number of nitrogens with one attached hydrogen (secondary N) is 1. The highest BCUT2D eigenvalue weighted by atomic mass is 16.5. The first kappa shape index (κ1) is 20.7. The first-order valence-corrected chi connectivity index (χ1v) is 9.40. The van der Waals surface area contributed by atoms with Crippen LogP contribution >= 0.6 is 0 Å². The Morgan fingerprint density at radius 1 is 1.04 bits per heavy atom. The molecule has 0 aliphatic carbocycles. The summed E-state index contributed by atoms with van der Waals surface area (Å²) in [5, 5.41) is 2.85. The van der Waals surface area contributed by atoms with Gasteiger partial charge in [-0.1, -0.05) is 31.4 Å². The highest BCUT2D eigenvalue weighted by molar-refractivity contribution is 5.98. The van der Waals surface area contributed by atoms with Crippen LogP contribution in [0.5, 0.6) is 5.75 Å². The van der Waals surface area contributed by atoms with Gasteiger partial charge in [0, 0.05) is 26.5 Å². The molecule has 6 nitrogen and oxygen atoms in total. The number of methoxy groups -OCH3 is 1. The maximum Gasteiger partial charge on any atom is 0.255 e. The Morgan fingerprint density at radius 2 is 1.74 bits per heavy atom. The summed E-state index contributed by atoms with van der Waals surface area (Å²) < 4.78 is 10.8. The lowest BCUT2D eigenvalue weighted by atomic mass is 10.1. The van der Waals surface area contributed by atoms with Crippen LogP contribution in [0.4, 0.5) is 5.82 Å². The third-order valence-corrected chi connectivity index (χ3v) is 4.22. The van der Waals surface area contributed by atoms with E-state index in [2.05, 4.69) is 10.3 Å². The predicted molar refractivity (Wildman–Crippen MR) is 107 cm³/mol. The minimum Gasteiger partial charge on any atom is -0.494 e. The van der Waals surface area contributed by atoms with Crippen molar-refractivity contribution in [3.63, 3.8) is 0 Å². The van der Waals surface area contributed by atoms with Gasteiger partial charge in [0.25, 0.3) is 5.91 Å². The molecule has 1 aromatic heterocycles. The van der Waals surface area contributed by atoms with Crippen LogP contribution in [0.3, 0.4) is 0 Å². The number of ether oxygens (including phenoxy) is 2. The summed E-state index contributed by atoms with van der Waals surface area (Å²) in [6, 6.07) is 11.1. The van der Waals surface area contributed by atoms with Gasteiger partial charge in [-0.3, -0.25) is 4.79 Å². The second-order valence-electron chi connectivity index (χ2n) is 6.37. The number of nitrogen functional groups attached to an aromatic ring is 1. The van der Waals surface area contributed by atoms with E-state index in [1.54, 1.807) is 25.4 Å². The molecule has 0 unspecified atom stereocenters. The molecule has 1 heterocycles. The van der Waals surface area contributed by atoms with E-state index in [0.29, 0.717) is 12.1 Å². The molecule has 3 N–H and O–H groups in total. The maximum atomic E-state index is 12.1. The van der Waals surface area contributed by atoms with Crippen molar-refractivity contribution in [2.75, 3.05) is 26.1 Å². The highest BCUT2D eigenvalue weighted by Crippen LogP contribution is 2.14. The lowest BCUT2D eigenvalue weighted by molar-refractivity contribution is 0.0951. The minimum atomic E-state index is -0.230. The number of nitrogens with zero attached hydrogens (tertiary/aromatic N) is 1. The van der Waals surface area contributed by atoms with Crippen molar-refractivity contribution in [3.8, 4) is 5.75 Å². The number of rotatable bonds is 12. The Bertz CT molecular complexity index is 689. The van der Waals surface area contributed by atoms with E-state index < -0.39 is 0 Å². The minimum absolute atomic E-state index is 0.230. The Kier molecular flexibility index (Phi) is 9.13. The van der Waals surface area contributed by atoms with Gasteiger partial charge < -0.3 is 20.5 Å². The number of hydrogen-bond donors (Lipinski definition) is 2. The molecular weight excluding hydrogens is 342 g/mol. The molecule has 0 radical (unpaired) electrons. The molecule has 0 fully saturated rings. The fraction of sp³-hybridized carbons (Fsp3) is 0.429. The summed E-state index contributed by atoms with van der Waals surface area (Å²) in [6.07, 6.45) is 7.34. The smallest absolute Gasteiger partial charge is 0.255 e. The van der Waals surface area contributed by atoms with Crippen LogP contribution in [0, 0.1) is 0 Å². The van der Waals surface area contributed by atoms with Gasteiger partial charge in [-0.2, -0.15) is 0 Å². The molecule has 2 rings (SSSR count). The van der Waals surface area contributed by atoms with E-state index in [0.717, 1.165) is 37.4 Å². The van der Waals surface area contributed by atoms with Crippen LogP contribution in [0.1, 0.15) is 48.0 Å². The van der Waals surface area contributed by atoms with Crippen molar-refractivity contribution in [3.05, 3.63) is 53.7 Å². The molecule has 2 aromatic rings. The zero-order valence-electron chi connectivity index (χ0n) is 15.9. The summed E-state index contributed by atoms with van der Waals surface area (Å²) in [7, 11) is 1.74.